The van der Waals surface area contributed by atoms with Crippen LogP contribution in [-0.2, 0) is 9.06 Å². The molecule has 1 aliphatic carbocycles. The fourth-order valence-corrected chi connectivity index (χ4v) is 1.52. The molecule has 0 saturated heterocycles. The lowest BCUT2D eigenvalue weighted by Crippen LogP contribution is -2.19. The Labute approximate surface area is 53.3 Å². The minimum absolute atomic E-state index is 0.178. The average Bonchev–Trinajstić information content (AvgIpc) is 2.12. The first-order valence-electron chi connectivity index (χ1n) is 2.33. The fourth-order valence-electron chi connectivity index (χ4n) is 0.412. The van der Waals surface area contributed by atoms with Gasteiger partial charge < -0.3 is 0 Å². The van der Waals surface area contributed by atoms with Gasteiger partial charge in [0.05, 0.1) is 0 Å². The summed E-state index contributed by atoms with van der Waals surface area (Å²) in [7, 11) is -3.22. The van der Waals surface area contributed by atoms with Crippen LogP contribution in [0.3, 0.4) is 0 Å². The summed E-state index contributed by atoms with van der Waals surface area (Å²) in [6.45, 7) is 0. The summed E-state index contributed by atoms with van der Waals surface area (Å²) in [6, 6.07) is 0.178. The van der Waals surface area contributed by atoms with E-state index in [0.717, 1.165) is 12.8 Å². The van der Waals surface area contributed by atoms with Gasteiger partial charge >= 0.3 is 0 Å². The molecule has 0 spiro atoms. The maximum atomic E-state index is 10.2. The molecular weight excluding hydrogens is 146 g/mol. The highest BCUT2D eigenvalue weighted by Crippen LogP contribution is 2.20. The topological polar surface area (TPSA) is 46.2 Å². The molecule has 0 radical (unpaired) electrons. The summed E-state index contributed by atoms with van der Waals surface area (Å²) < 4.78 is 22.8. The molecule has 0 aromatic carbocycles. The van der Waals surface area contributed by atoms with Crippen molar-refractivity contribution < 1.29 is 8.42 Å². The first-order valence-corrected chi connectivity index (χ1v) is 4.86. The number of hydrogen-bond acceptors (Lipinski definition) is 2. The van der Waals surface area contributed by atoms with E-state index in [1.54, 1.807) is 0 Å². The Morgan fingerprint density at radius 1 is 1.50 bits per heavy atom. The zero-order chi connectivity index (χ0) is 6.20. The van der Waals surface area contributed by atoms with E-state index >= 15 is 0 Å². The molecule has 0 unspecified atom stereocenters. The Hall–Kier alpha value is 0.260. The first kappa shape index (κ1) is 6.38. The summed E-state index contributed by atoms with van der Waals surface area (Å²) in [5.74, 6) is 0. The molecular formula is C3H7NO2S2. The predicted molar refractivity (Wildman–Crippen MR) is 34.1 cm³/mol. The lowest BCUT2D eigenvalue weighted by atomic mass is 10.8. The Morgan fingerprint density at radius 3 is 2.12 bits per heavy atom. The summed E-state index contributed by atoms with van der Waals surface area (Å²) in [4.78, 5) is 0. The van der Waals surface area contributed by atoms with Crippen LogP contribution in [0.1, 0.15) is 12.8 Å². The quantitative estimate of drug-likeness (QED) is 0.430. The highest BCUT2D eigenvalue weighted by molar-refractivity contribution is 8.62. The van der Waals surface area contributed by atoms with Crippen LogP contribution in [0.2, 0.25) is 0 Å². The second-order valence-electron chi connectivity index (χ2n) is 1.87. The lowest BCUT2D eigenvalue weighted by molar-refractivity contribution is 0.597. The highest BCUT2D eigenvalue weighted by Gasteiger charge is 2.24. The van der Waals surface area contributed by atoms with Crippen LogP contribution >= 0.6 is 11.7 Å². The van der Waals surface area contributed by atoms with E-state index < -0.39 is 9.06 Å². The van der Waals surface area contributed by atoms with Crippen LogP contribution in [0, 0.1) is 0 Å². The SMILES string of the molecule is O=S(=O)(S)NC1CC1. The lowest BCUT2D eigenvalue weighted by Gasteiger charge is -1.92. The van der Waals surface area contributed by atoms with E-state index in [-0.39, 0.29) is 6.04 Å². The average molecular weight is 153 g/mol. The number of thiol groups is 1. The second-order valence-corrected chi connectivity index (χ2v) is 4.50. The van der Waals surface area contributed by atoms with Gasteiger partial charge in [-0.05, 0) is 24.5 Å². The molecule has 0 aliphatic heterocycles. The van der Waals surface area contributed by atoms with E-state index in [4.69, 9.17) is 0 Å². The molecule has 0 heterocycles. The summed E-state index contributed by atoms with van der Waals surface area (Å²) in [6.07, 6.45) is 1.92. The van der Waals surface area contributed by atoms with Crippen molar-refractivity contribution in [2.75, 3.05) is 0 Å². The molecule has 1 saturated carbocycles. The van der Waals surface area contributed by atoms with Crippen molar-refractivity contribution in [1.29, 1.82) is 0 Å². The van der Waals surface area contributed by atoms with Gasteiger partial charge in [-0.25, -0.2) is 13.1 Å². The van der Waals surface area contributed by atoms with Crippen molar-refractivity contribution >= 4 is 20.7 Å². The van der Waals surface area contributed by atoms with Crippen molar-refractivity contribution in [3.8, 4) is 0 Å². The highest BCUT2D eigenvalue weighted by atomic mass is 33.1. The third kappa shape index (κ3) is 2.54. The predicted octanol–water partition coefficient (Wildman–Crippen LogP) is -0.0870. The van der Waals surface area contributed by atoms with Gasteiger partial charge in [0.25, 0.3) is 9.06 Å². The van der Waals surface area contributed by atoms with Crippen molar-refractivity contribution in [3.63, 3.8) is 0 Å². The summed E-state index contributed by atoms with van der Waals surface area (Å²) in [5, 5.41) is 0. The second kappa shape index (κ2) is 1.89. The third-order valence-electron chi connectivity index (χ3n) is 0.893. The molecule has 5 heteroatoms. The normalized spacial score (nSPS) is 21.1. The van der Waals surface area contributed by atoms with Crippen LogP contribution in [0.25, 0.3) is 0 Å². The van der Waals surface area contributed by atoms with Gasteiger partial charge in [-0.1, -0.05) is 0 Å². The molecule has 0 bridgehead atoms. The van der Waals surface area contributed by atoms with Crippen LogP contribution in [0.15, 0.2) is 0 Å². The minimum Gasteiger partial charge on any atom is -0.203 e. The van der Waals surface area contributed by atoms with E-state index in [0.29, 0.717) is 0 Å². The van der Waals surface area contributed by atoms with E-state index in [2.05, 4.69) is 16.4 Å². The standard InChI is InChI=1S/C3H7NO2S2/c5-8(6,7)4-3-1-2-3/h3-4H,1-2H2,(H,5,6,7). The van der Waals surface area contributed by atoms with Gasteiger partial charge in [0.15, 0.2) is 0 Å². The van der Waals surface area contributed by atoms with Crippen LogP contribution in [-0.4, -0.2) is 14.5 Å². The van der Waals surface area contributed by atoms with Gasteiger partial charge in [-0.3, -0.25) is 0 Å². The maximum absolute atomic E-state index is 10.2. The van der Waals surface area contributed by atoms with Crippen LogP contribution < -0.4 is 4.72 Å². The molecule has 0 amide bonds. The molecule has 1 rings (SSSR count). The maximum Gasteiger partial charge on any atom is 0.262 e. The Kier molecular flexibility index (Phi) is 1.51. The first-order chi connectivity index (χ1) is 3.58. The number of hydrogen-bond donors (Lipinski definition) is 2. The van der Waals surface area contributed by atoms with Crippen molar-refractivity contribution in [2.24, 2.45) is 0 Å². The molecule has 8 heavy (non-hydrogen) atoms. The number of nitrogens with one attached hydrogen (secondary N) is 1. The smallest absolute Gasteiger partial charge is 0.203 e. The fraction of sp³-hybridized carbons (Fsp3) is 1.00. The molecule has 0 aromatic rings. The Balaban J connectivity index is 2.38. The molecule has 3 nitrogen and oxygen atoms in total. The molecule has 0 aromatic heterocycles. The van der Waals surface area contributed by atoms with Gasteiger partial charge in [-0.15, -0.1) is 0 Å². The zero-order valence-corrected chi connectivity index (χ0v) is 5.87. The van der Waals surface area contributed by atoms with Gasteiger partial charge in [-0.2, -0.15) is 0 Å². The minimum atomic E-state index is -3.22. The summed E-state index contributed by atoms with van der Waals surface area (Å²) >= 11 is 3.30. The van der Waals surface area contributed by atoms with Gasteiger partial charge in [0.1, 0.15) is 0 Å². The summed E-state index contributed by atoms with van der Waals surface area (Å²) in [5.41, 5.74) is 0. The van der Waals surface area contributed by atoms with Crippen molar-refractivity contribution in [1.82, 2.24) is 4.72 Å². The van der Waals surface area contributed by atoms with Crippen molar-refractivity contribution in [3.05, 3.63) is 0 Å². The van der Waals surface area contributed by atoms with Gasteiger partial charge in [0, 0.05) is 6.04 Å². The number of rotatable bonds is 2. The van der Waals surface area contributed by atoms with E-state index in [1.165, 1.54) is 0 Å². The van der Waals surface area contributed by atoms with E-state index in [1.807, 2.05) is 0 Å². The molecule has 0 atom stereocenters. The molecule has 1 fully saturated rings. The third-order valence-corrected chi connectivity index (χ3v) is 1.84. The molecule has 1 aliphatic rings. The van der Waals surface area contributed by atoms with E-state index in [9.17, 15) is 8.42 Å². The monoisotopic (exact) mass is 153 g/mol. The zero-order valence-electron chi connectivity index (χ0n) is 4.16. The molecule has 48 valence electrons. The van der Waals surface area contributed by atoms with Crippen molar-refractivity contribution in [2.45, 2.75) is 18.9 Å². The largest absolute Gasteiger partial charge is 0.262 e. The van der Waals surface area contributed by atoms with Gasteiger partial charge in [0.2, 0.25) is 0 Å². The molecule has 1 N–H and O–H groups in total. The van der Waals surface area contributed by atoms with Crippen LogP contribution in [0.5, 0.6) is 0 Å². The Morgan fingerprint density at radius 2 is 2.00 bits per heavy atom. The Bertz CT molecular complexity index is 170. The van der Waals surface area contributed by atoms with Crippen LogP contribution in [0.4, 0.5) is 0 Å².